The molecule has 98 valence electrons. The fourth-order valence-electron chi connectivity index (χ4n) is 3.77. The SMILES string of the molecule is COC(=O)C12CC(C3CSCCCN3)(C1)C2.Cl. The van der Waals surface area contributed by atoms with E-state index < -0.39 is 0 Å². The maximum atomic E-state index is 11.6. The van der Waals surface area contributed by atoms with Gasteiger partial charge in [-0.25, -0.2) is 0 Å². The Balaban J connectivity index is 0.00000108. The molecule has 0 aromatic heterocycles. The van der Waals surface area contributed by atoms with E-state index in [0.29, 0.717) is 11.5 Å². The third-order valence-corrected chi connectivity index (χ3v) is 5.72. The highest BCUT2D eigenvalue weighted by Gasteiger charge is 2.74. The number of halogens is 1. The molecular formula is C12H20ClNO2S. The highest BCUT2D eigenvalue weighted by Crippen LogP contribution is 2.75. The topological polar surface area (TPSA) is 38.3 Å². The fraction of sp³-hybridized carbons (Fsp3) is 0.917. The molecule has 3 nitrogen and oxygen atoms in total. The van der Waals surface area contributed by atoms with Gasteiger partial charge in [0.2, 0.25) is 0 Å². The highest BCUT2D eigenvalue weighted by molar-refractivity contribution is 7.99. The van der Waals surface area contributed by atoms with Crippen molar-refractivity contribution in [3.05, 3.63) is 0 Å². The lowest BCUT2D eigenvalue weighted by Gasteiger charge is -2.71. The number of carbonyl (C=O) groups is 1. The third kappa shape index (κ3) is 1.89. The molecule has 1 N–H and O–H groups in total. The summed E-state index contributed by atoms with van der Waals surface area (Å²) in [5.74, 6) is 2.52. The van der Waals surface area contributed by atoms with Gasteiger partial charge in [0, 0.05) is 11.8 Å². The van der Waals surface area contributed by atoms with Gasteiger partial charge in [-0.3, -0.25) is 4.79 Å². The third-order valence-electron chi connectivity index (χ3n) is 4.57. The lowest BCUT2D eigenvalue weighted by molar-refractivity contribution is -0.233. The van der Waals surface area contributed by atoms with Crippen molar-refractivity contribution >= 4 is 30.1 Å². The Kier molecular flexibility index (Phi) is 3.68. The van der Waals surface area contributed by atoms with Crippen LogP contribution in [0.25, 0.3) is 0 Å². The minimum Gasteiger partial charge on any atom is -0.469 e. The van der Waals surface area contributed by atoms with E-state index in [-0.39, 0.29) is 23.8 Å². The Hall–Kier alpha value is 0.0700. The molecule has 3 saturated carbocycles. The highest BCUT2D eigenvalue weighted by atomic mass is 35.5. The van der Waals surface area contributed by atoms with Crippen LogP contribution in [0, 0.1) is 10.8 Å². The lowest BCUT2D eigenvalue weighted by atomic mass is 9.33. The molecular weight excluding hydrogens is 258 g/mol. The predicted molar refractivity (Wildman–Crippen MR) is 71.7 cm³/mol. The molecule has 1 heterocycles. The Morgan fingerprint density at radius 2 is 2.12 bits per heavy atom. The van der Waals surface area contributed by atoms with Gasteiger partial charge in [-0.05, 0) is 43.4 Å². The second-order valence-corrected chi connectivity index (χ2v) is 6.75. The standard InChI is InChI=1S/C12H19NO2S.ClH/c1-15-10(14)12-6-11(7-12,8-12)9-5-16-4-2-3-13-9;/h9,13H,2-8H2,1H3;1H. The summed E-state index contributed by atoms with van der Waals surface area (Å²) in [5, 5.41) is 3.66. The van der Waals surface area contributed by atoms with Crippen LogP contribution in [0.1, 0.15) is 25.7 Å². The minimum atomic E-state index is -0.0760. The first-order chi connectivity index (χ1) is 7.71. The number of rotatable bonds is 2. The molecule has 2 bridgehead atoms. The number of thioether (sulfide) groups is 1. The normalized spacial score (nSPS) is 43.5. The average Bonchev–Trinajstić information content (AvgIpc) is 2.42. The Morgan fingerprint density at radius 3 is 2.76 bits per heavy atom. The van der Waals surface area contributed by atoms with Crippen LogP contribution >= 0.6 is 24.2 Å². The van der Waals surface area contributed by atoms with Gasteiger partial charge in [-0.15, -0.1) is 12.4 Å². The van der Waals surface area contributed by atoms with Crippen molar-refractivity contribution in [2.75, 3.05) is 25.2 Å². The molecule has 0 radical (unpaired) electrons. The van der Waals surface area contributed by atoms with Gasteiger partial charge in [0.25, 0.3) is 0 Å². The van der Waals surface area contributed by atoms with Crippen molar-refractivity contribution in [3.8, 4) is 0 Å². The average molecular weight is 278 g/mol. The number of carbonyl (C=O) groups excluding carboxylic acids is 1. The van der Waals surface area contributed by atoms with Gasteiger partial charge in [-0.2, -0.15) is 11.8 Å². The zero-order valence-corrected chi connectivity index (χ0v) is 11.8. The molecule has 0 spiro atoms. The Bertz CT molecular complexity index is 296. The van der Waals surface area contributed by atoms with Gasteiger partial charge in [0.05, 0.1) is 12.5 Å². The molecule has 0 aromatic carbocycles. The first kappa shape index (κ1) is 13.5. The molecule has 0 amide bonds. The molecule has 4 rings (SSSR count). The summed E-state index contributed by atoms with van der Waals surface area (Å²) in [4.78, 5) is 11.6. The van der Waals surface area contributed by atoms with Crippen LogP contribution in [-0.2, 0) is 9.53 Å². The van der Waals surface area contributed by atoms with E-state index in [2.05, 4.69) is 17.1 Å². The van der Waals surface area contributed by atoms with E-state index in [4.69, 9.17) is 4.74 Å². The van der Waals surface area contributed by atoms with Crippen molar-refractivity contribution in [2.45, 2.75) is 31.7 Å². The van der Waals surface area contributed by atoms with Crippen molar-refractivity contribution < 1.29 is 9.53 Å². The smallest absolute Gasteiger partial charge is 0.311 e. The molecule has 1 atom stereocenters. The van der Waals surface area contributed by atoms with E-state index in [0.717, 1.165) is 25.8 Å². The summed E-state index contributed by atoms with van der Waals surface area (Å²) in [6.07, 6.45) is 4.46. The monoisotopic (exact) mass is 277 g/mol. The first-order valence-electron chi connectivity index (χ1n) is 6.10. The van der Waals surface area contributed by atoms with Crippen molar-refractivity contribution in [3.63, 3.8) is 0 Å². The maximum absolute atomic E-state index is 11.6. The van der Waals surface area contributed by atoms with E-state index in [1.165, 1.54) is 25.0 Å². The van der Waals surface area contributed by atoms with E-state index in [9.17, 15) is 4.79 Å². The van der Waals surface area contributed by atoms with Crippen LogP contribution in [0.5, 0.6) is 0 Å². The zero-order chi connectivity index (χ0) is 11.2. The van der Waals surface area contributed by atoms with Gasteiger partial charge in [-0.1, -0.05) is 0 Å². The molecule has 4 fully saturated rings. The van der Waals surface area contributed by atoms with Gasteiger partial charge in [0.1, 0.15) is 0 Å². The fourth-order valence-corrected chi connectivity index (χ4v) is 5.00. The largest absolute Gasteiger partial charge is 0.469 e. The van der Waals surface area contributed by atoms with Crippen LogP contribution in [0.15, 0.2) is 0 Å². The summed E-state index contributed by atoms with van der Waals surface area (Å²) < 4.78 is 4.89. The molecule has 5 heteroatoms. The van der Waals surface area contributed by atoms with Gasteiger partial charge in [0.15, 0.2) is 0 Å². The van der Waals surface area contributed by atoms with Crippen LogP contribution in [0.4, 0.5) is 0 Å². The Morgan fingerprint density at radius 1 is 1.41 bits per heavy atom. The summed E-state index contributed by atoms with van der Waals surface area (Å²) >= 11 is 2.06. The van der Waals surface area contributed by atoms with E-state index in [1.807, 2.05) is 0 Å². The quantitative estimate of drug-likeness (QED) is 0.782. The van der Waals surface area contributed by atoms with Gasteiger partial charge < -0.3 is 10.1 Å². The first-order valence-corrected chi connectivity index (χ1v) is 7.26. The Labute approximate surface area is 113 Å². The second kappa shape index (κ2) is 4.63. The summed E-state index contributed by atoms with van der Waals surface area (Å²) in [5.41, 5.74) is 0.360. The van der Waals surface area contributed by atoms with E-state index >= 15 is 0 Å². The number of ether oxygens (including phenoxy) is 1. The molecule has 17 heavy (non-hydrogen) atoms. The van der Waals surface area contributed by atoms with E-state index in [1.54, 1.807) is 0 Å². The maximum Gasteiger partial charge on any atom is 0.311 e. The molecule has 1 unspecified atom stereocenters. The number of hydrogen-bond acceptors (Lipinski definition) is 4. The summed E-state index contributed by atoms with van der Waals surface area (Å²) in [6.45, 7) is 1.14. The molecule has 4 aliphatic rings. The van der Waals surface area contributed by atoms with Crippen LogP contribution in [0.3, 0.4) is 0 Å². The molecule has 1 saturated heterocycles. The van der Waals surface area contributed by atoms with Crippen molar-refractivity contribution in [2.24, 2.45) is 10.8 Å². The van der Waals surface area contributed by atoms with Crippen molar-refractivity contribution in [1.82, 2.24) is 5.32 Å². The number of nitrogens with one attached hydrogen (secondary N) is 1. The van der Waals surface area contributed by atoms with Crippen LogP contribution in [0.2, 0.25) is 0 Å². The lowest BCUT2D eigenvalue weighted by Crippen LogP contribution is -2.72. The van der Waals surface area contributed by atoms with Gasteiger partial charge >= 0.3 is 5.97 Å². The number of esters is 1. The molecule has 1 aliphatic heterocycles. The zero-order valence-electron chi connectivity index (χ0n) is 10.2. The summed E-state index contributed by atoms with van der Waals surface area (Å²) in [6, 6.07) is 0.631. The van der Waals surface area contributed by atoms with Crippen molar-refractivity contribution in [1.29, 1.82) is 0 Å². The molecule has 0 aromatic rings. The summed E-state index contributed by atoms with van der Waals surface area (Å²) in [7, 11) is 1.51. The predicted octanol–water partition coefficient (Wildman–Crippen LogP) is 1.85. The molecule has 3 aliphatic carbocycles. The number of methoxy groups -OCH3 is 1. The van der Waals surface area contributed by atoms with Crippen LogP contribution < -0.4 is 5.32 Å². The number of hydrogen-bond donors (Lipinski definition) is 1. The minimum absolute atomic E-state index is 0. The van der Waals surface area contributed by atoms with Crippen LogP contribution in [-0.4, -0.2) is 37.2 Å². The second-order valence-electron chi connectivity index (χ2n) is 5.60.